The van der Waals surface area contributed by atoms with Crippen molar-refractivity contribution in [3.8, 4) is 0 Å². The van der Waals surface area contributed by atoms with Crippen molar-refractivity contribution in [1.29, 1.82) is 0 Å². The molecule has 0 radical (unpaired) electrons. The zero-order chi connectivity index (χ0) is 6.41. The molecular weight excluding hydrogens is 226 g/mol. The molecule has 1 aliphatic heterocycles. The molecule has 1 rings (SSSR count). The quantitative estimate of drug-likeness (QED) is 0.456. The Hall–Kier alpha value is 1.55. The summed E-state index contributed by atoms with van der Waals surface area (Å²) in [6.45, 7) is -4.69. The van der Waals surface area contributed by atoms with Gasteiger partial charge < -0.3 is 4.12 Å². The van der Waals surface area contributed by atoms with Gasteiger partial charge in [0.1, 0.15) is 0 Å². The summed E-state index contributed by atoms with van der Waals surface area (Å²) in [5.74, 6) is 0. The van der Waals surface area contributed by atoms with Gasteiger partial charge >= 0.3 is 13.9 Å². The first-order valence-corrected chi connectivity index (χ1v) is 10.1. The average molecular weight is 228 g/mol. The predicted molar refractivity (Wildman–Crippen MR) is 40.8 cm³/mol. The van der Waals surface area contributed by atoms with Crippen LogP contribution in [0.2, 0.25) is 5.67 Å². The normalized spacial score (nSPS) is 31.5. The van der Waals surface area contributed by atoms with Crippen molar-refractivity contribution >= 4 is 58.2 Å². The monoisotopic (exact) mass is 226 g/mol. The Morgan fingerprint density at radius 2 is 1.25 bits per heavy atom. The largest absolute Gasteiger partial charge is 0.411 e. The minimum absolute atomic E-state index is 0.520. The molecule has 0 aliphatic carbocycles. The topological polar surface area (TPSA) is 9.23 Å². The van der Waals surface area contributed by atoms with E-state index in [9.17, 15) is 0 Å². The maximum atomic E-state index is 5.54. The van der Waals surface area contributed by atoms with Gasteiger partial charge in [-0.2, -0.15) is 0 Å². The van der Waals surface area contributed by atoms with Crippen molar-refractivity contribution in [3.05, 3.63) is 0 Å². The van der Waals surface area contributed by atoms with Gasteiger partial charge in [-0.3, -0.25) is 0 Å². The van der Waals surface area contributed by atoms with Gasteiger partial charge in [0, 0.05) is 5.67 Å². The lowest BCUT2D eigenvalue weighted by Crippen LogP contribution is -2.54. The third-order valence-corrected chi connectivity index (χ3v) is 14.0. The molecule has 0 saturated carbocycles. The zero-order valence-corrected chi connectivity index (χ0v) is 8.65. The number of halogens is 4. The van der Waals surface area contributed by atoms with Crippen molar-refractivity contribution in [2.24, 2.45) is 0 Å². The SMILES string of the molecule is Cl[Si]1(Cl)C[Si](Cl)(Cl)O1. The van der Waals surface area contributed by atoms with E-state index in [1.54, 1.807) is 0 Å². The second kappa shape index (κ2) is 2.02. The Labute approximate surface area is 67.9 Å². The molecule has 1 nitrogen and oxygen atoms in total. The molecule has 0 N–H and O–H groups in total. The first kappa shape index (κ1) is 7.66. The van der Waals surface area contributed by atoms with Crippen LogP contribution in [0.15, 0.2) is 0 Å². The Morgan fingerprint density at radius 1 is 1.00 bits per heavy atom. The van der Waals surface area contributed by atoms with E-state index < -0.39 is 13.9 Å². The summed E-state index contributed by atoms with van der Waals surface area (Å²) >= 11 is 22.1. The van der Waals surface area contributed by atoms with Crippen LogP contribution in [0.4, 0.5) is 0 Å². The molecule has 1 saturated heterocycles. The molecule has 0 aromatic heterocycles. The maximum Gasteiger partial charge on any atom is 0.382 e. The van der Waals surface area contributed by atoms with Crippen LogP contribution in [0.3, 0.4) is 0 Å². The van der Waals surface area contributed by atoms with E-state index in [2.05, 4.69) is 0 Å². The first-order chi connectivity index (χ1) is 3.41. The van der Waals surface area contributed by atoms with Crippen LogP contribution < -0.4 is 0 Å². The minimum Gasteiger partial charge on any atom is -0.411 e. The highest BCUT2D eigenvalue weighted by Crippen LogP contribution is 2.45. The minimum atomic E-state index is -2.34. The first-order valence-electron chi connectivity index (χ1n) is 1.87. The van der Waals surface area contributed by atoms with Gasteiger partial charge in [-0.25, -0.2) is 0 Å². The smallest absolute Gasteiger partial charge is 0.382 e. The summed E-state index contributed by atoms with van der Waals surface area (Å²) < 4.78 is 4.85. The molecule has 0 bridgehead atoms. The Morgan fingerprint density at radius 3 is 1.25 bits per heavy atom. The summed E-state index contributed by atoms with van der Waals surface area (Å²) in [4.78, 5) is 0. The van der Waals surface area contributed by atoms with E-state index in [0.29, 0.717) is 5.67 Å². The number of hydrogen-bond acceptors (Lipinski definition) is 1. The maximum absolute atomic E-state index is 5.54. The lowest BCUT2D eigenvalue weighted by atomic mass is 11.9. The molecule has 0 amide bonds. The fourth-order valence-electron chi connectivity index (χ4n) is 0.450. The molecule has 8 heavy (non-hydrogen) atoms. The average Bonchev–Trinajstić information content (AvgIpc) is 1.20. The summed E-state index contributed by atoms with van der Waals surface area (Å²) in [6.07, 6.45) is 0. The van der Waals surface area contributed by atoms with Crippen molar-refractivity contribution < 1.29 is 4.12 Å². The lowest BCUT2D eigenvalue weighted by Gasteiger charge is -2.36. The van der Waals surface area contributed by atoms with Crippen LogP contribution >= 0.6 is 44.3 Å². The van der Waals surface area contributed by atoms with Gasteiger partial charge in [0.2, 0.25) is 0 Å². The molecule has 0 atom stereocenters. The summed E-state index contributed by atoms with van der Waals surface area (Å²) in [5.41, 5.74) is 0.520. The van der Waals surface area contributed by atoms with Gasteiger partial charge in [-0.15, -0.1) is 44.3 Å². The molecule has 1 fully saturated rings. The fraction of sp³-hybridized carbons (Fsp3) is 1.00. The fourth-order valence-corrected chi connectivity index (χ4v) is 19.4. The van der Waals surface area contributed by atoms with Crippen LogP contribution in [-0.2, 0) is 4.12 Å². The highest BCUT2D eigenvalue weighted by Gasteiger charge is 2.58. The summed E-state index contributed by atoms with van der Waals surface area (Å²) in [7, 11) is 0. The van der Waals surface area contributed by atoms with Gasteiger partial charge in [0.15, 0.2) is 0 Å². The van der Waals surface area contributed by atoms with Crippen LogP contribution in [0.5, 0.6) is 0 Å². The molecule has 0 aromatic carbocycles. The number of hydrogen-bond donors (Lipinski definition) is 0. The highest BCUT2D eigenvalue weighted by molar-refractivity contribution is 7.61. The van der Waals surface area contributed by atoms with Crippen LogP contribution in [0.1, 0.15) is 0 Å². The third-order valence-electron chi connectivity index (χ3n) is 0.710. The summed E-state index contributed by atoms with van der Waals surface area (Å²) in [6, 6.07) is 0. The Balaban J connectivity index is 2.42. The Bertz CT molecular complexity index is 90.6. The van der Waals surface area contributed by atoms with Crippen LogP contribution in [0.25, 0.3) is 0 Å². The van der Waals surface area contributed by atoms with E-state index in [-0.39, 0.29) is 0 Å². The molecule has 1 heterocycles. The Kier molecular flexibility index (Phi) is 1.93. The van der Waals surface area contributed by atoms with E-state index in [1.165, 1.54) is 0 Å². The molecule has 48 valence electrons. The van der Waals surface area contributed by atoms with Gasteiger partial charge in [-0.1, -0.05) is 0 Å². The lowest BCUT2D eigenvalue weighted by molar-refractivity contribution is 0.569. The van der Waals surface area contributed by atoms with E-state index in [4.69, 9.17) is 48.4 Å². The summed E-state index contributed by atoms with van der Waals surface area (Å²) in [5, 5.41) is 0. The van der Waals surface area contributed by atoms with Crippen LogP contribution in [0, 0.1) is 0 Å². The van der Waals surface area contributed by atoms with Crippen LogP contribution in [-0.4, -0.2) is 13.9 Å². The molecule has 1 aliphatic rings. The second-order valence-corrected chi connectivity index (χ2v) is 14.8. The van der Waals surface area contributed by atoms with Gasteiger partial charge in [-0.05, 0) is 0 Å². The van der Waals surface area contributed by atoms with Crippen molar-refractivity contribution in [2.75, 3.05) is 0 Å². The predicted octanol–water partition coefficient (Wildman–Crippen LogP) is 2.39. The van der Waals surface area contributed by atoms with Crippen molar-refractivity contribution in [3.63, 3.8) is 0 Å². The van der Waals surface area contributed by atoms with E-state index in [0.717, 1.165) is 0 Å². The zero-order valence-electron chi connectivity index (χ0n) is 3.63. The molecule has 0 aromatic rings. The van der Waals surface area contributed by atoms with Crippen molar-refractivity contribution in [2.45, 2.75) is 5.67 Å². The highest BCUT2D eigenvalue weighted by atomic mass is 35.7. The second-order valence-electron chi connectivity index (χ2n) is 1.55. The molecule has 0 unspecified atom stereocenters. The molecule has 7 heteroatoms. The van der Waals surface area contributed by atoms with E-state index >= 15 is 0 Å². The van der Waals surface area contributed by atoms with Gasteiger partial charge in [0.25, 0.3) is 0 Å². The van der Waals surface area contributed by atoms with Crippen molar-refractivity contribution in [1.82, 2.24) is 0 Å². The standard InChI is InChI=1S/CH2Cl4OSi2/c2-7(3)1-8(4,5)6-7/h1H2. The van der Waals surface area contributed by atoms with Gasteiger partial charge in [0.05, 0.1) is 0 Å². The number of rotatable bonds is 0. The van der Waals surface area contributed by atoms with E-state index in [1.807, 2.05) is 0 Å². The molecular formula is CH2Cl4OSi2. The molecule has 0 spiro atoms. The third kappa shape index (κ3) is 1.77.